The molecule has 124 valence electrons. The number of ether oxygens (including phenoxy) is 1. The van der Waals surface area contributed by atoms with Crippen LogP contribution in [0, 0.1) is 0 Å². The van der Waals surface area contributed by atoms with Crippen LogP contribution in [0.25, 0.3) is 0 Å². The summed E-state index contributed by atoms with van der Waals surface area (Å²) in [5.74, 6) is -0.909. The molecule has 0 spiro atoms. The number of aliphatic hydroxyl groups is 1. The number of rotatable bonds is 8. The number of phenols is 2. The quantitative estimate of drug-likeness (QED) is 0.507. The summed E-state index contributed by atoms with van der Waals surface area (Å²) in [6.07, 6.45) is 3.32. The maximum atomic E-state index is 12.1. The van der Waals surface area contributed by atoms with Gasteiger partial charge in [-0.15, -0.1) is 0 Å². The fourth-order valence-corrected chi connectivity index (χ4v) is 2.31. The molecule has 1 atom stereocenters. The summed E-state index contributed by atoms with van der Waals surface area (Å²) in [4.78, 5) is 12.1. The molecule has 1 aromatic rings. The van der Waals surface area contributed by atoms with Crippen LogP contribution in [0.5, 0.6) is 11.5 Å². The molecule has 3 N–H and O–H groups in total. The minimum Gasteiger partial charge on any atom is -0.508 e. The molecule has 0 aliphatic heterocycles. The Balaban J connectivity index is 2.77. The smallest absolute Gasteiger partial charge is 0.342 e. The van der Waals surface area contributed by atoms with E-state index in [2.05, 4.69) is 0 Å². The Labute approximate surface area is 131 Å². The molecule has 0 fully saturated rings. The van der Waals surface area contributed by atoms with Gasteiger partial charge in [0.1, 0.15) is 17.1 Å². The Morgan fingerprint density at radius 1 is 1.14 bits per heavy atom. The fourth-order valence-electron chi connectivity index (χ4n) is 2.31. The van der Waals surface area contributed by atoms with E-state index in [1.807, 2.05) is 0 Å². The normalized spacial score (nSPS) is 12.4. The van der Waals surface area contributed by atoms with Crippen molar-refractivity contribution in [1.82, 2.24) is 0 Å². The number of esters is 1. The van der Waals surface area contributed by atoms with Gasteiger partial charge in [0.2, 0.25) is 0 Å². The Morgan fingerprint density at radius 3 is 2.41 bits per heavy atom. The number of aromatic hydroxyl groups is 2. The Morgan fingerprint density at radius 2 is 1.82 bits per heavy atom. The van der Waals surface area contributed by atoms with E-state index in [4.69, 9.17) is 4.74 Å². The van der Waals surface area contributed by atoms with Crippen LogP contribution < -0.4 is 0 Å². The Bertz CT molecular complexity index is 494. The van der Waals surface area contributed by atoms with Crippen LogP contribution in [0.2, 0.25) is 0 Å². The van der Waals surface area contributed by atoms with E-state index in [1.165, 1.54) is 6.07 Å². The van der Waals surface area contributed by atoms with E-state index in [-0.39, 0.29) is 29.3 Å². The second kappa shape index (κ2) is 8.63. The number of carbonyl (C=O) groups is 1. The second-order valence-electron chi connectivity index (χ2n) is 5.90. The maximum Gasteiger partial charge on any atom is 0.342 e. The van der Waals surface area contributed by atoms with Gasteiger partial charge in [-0.1, -0.05) is 12.8 Å². The third-order valence-electron chi connectivity index (χ3n) is 3.30. The number of benzene rings is 1. The van der Waals surface area contributed by atoms with E-state index in [1.54, 1.807) is 20.8 Å². The number of hydrogen-bond donors (Lipinski definition) is 3. The van der Waals surface area contributed by atoms with Crippen LogP contribution in [0.4, 0.5) is 0 Å². The molecule has 1 aromatic carbocycles. The number of unbranched alkanes of at least 4 members (excludes halogenated alkanes) is 2. The summed E-state index contributed by atoms with van der Waals surface area (Å²) < 4.78 is 5.14. The van der Waals surface area contributed by atoms with Crippen molar-refractivity contribution in [3.05, 3.63) is 23.3 Å². The molecule has 5 nitrogen and oxygen atoms in total. The van der Waals surface area contributed by atoms with Crippen LogP contribution in [0.3, 0.4) is 0 Å². The molecule has 0 heterocycles. The van der Waals surface area contributed by atoms with Crippen LogP contribution in [-0.2, 0) is 11.2 Å². The van der Waals surface area contributed by atoms with Gasteiger partial charge in [0.15, 0.2) is 0 Å². The van der Waals surface area contributed by atoms with E-state index in [9.17, 15) is 20.1 Å². The van der Waals surface area contributed by atoms with Crippen molar-refractivity contribution < 1.29 is 24.9 Å². The molecule has 1 rings (SSSR count). The SMILES string of the molecule is CC(C)OC(=O)c1c(O)cc(O)cc1CCCCC[C@@H](C)O. The first-order valence-corrected chi connectivity index (χ1v) is 7.75. The molecule has 0 unspecified atom stereocenters. The molecule has 0 saturated heterocycles. The average molecular weight is 310 g/mol. The van der Waals surface area contributed by atoms with Gasteiger partial charge < -0.3 is 20.1 Å². The van der Waals surface area contributed by atoms with Gasteiger partial charge in [-0.2, -0.15) is 0 Å². The molecule has 0 aliphatic carbocycles. The zero-order valence-corrected chi connectivity index (χ0v) is 13.5. The highest BCUT2D eigenvalue weighted by atomic mass is 16.5. The first kappa shape index (κ1) is 18.3. The van der Waals surface area contributed by atoms with Gasteiger partial charge in [-0.3, -0.25) is 0 Å². The predicted octanol–water partition coefficient (Wildman–Crippen LogP) is 3.15. The molecular formula is C17H26O5. The van der Waals surface area contributed by atoms with Crippen molar-refractivity contribution in [2.75, 3.05) is 0 Å². The molecule has 0 amide bonds. The number of aliphatic hydroxyl groups excluding tert-OH is 1. The molecule has 22 heavy (non-hydrogen) atoms. The van der Waals surface area contributed by atoms with Crippen molar-refractivity contribution in [2.24, 2.45) is 0 Å². The van der Waals surface area contributed by atoms with E-state index >= 15 is 0 Å². The zero-order valence-electron chi connectivity index (χ0n) is 13.5. The van der Waals surface area contributed by atoms with Gasteiger partial charge in [-0.05, 0) is 51.7 Å². The van der Waals surface area contributed by atoms with Crippen LogP contribution in [0.15, 0.2) is 12.1 Å². The molecule has 0 bridgehead atoms. The molecular weight excluding hydrogens is 284 g/mol. The van der Waals surface area contributed by atoms with E-state index < -0.39 is 5.97 Å². The standard InChI is InChI=1S/C17H26O5/c1-11(2)22-17(21)16-13(9-14(19)10-15(16)20)8-6-4-5-7-12(3)18/h9-12,18-20H,4-8H2,1-3H3/t12-/m1/s1. The minimum atomic E-state index is -0.577. The second-order valence-corrected chi connectivity index (χ2v) is 5.90. The van der Waals surface area contributed by atoms with Crippen molar-refractivity contribution in [3.63, 3.8) is 0 Å². The molecule has 0 radical (unpaired) electrons. The third-order valence-corrected chi connectivity index (χ3v) is 3.30. The largest absolute Gasteiger partial charge is 0.508 e. The lowest BCUT2D eigenvalue weighted by atomic mass is 9.99. The summed E-state index contributed by atoms with van der Waals surface area (Å²) >= 11 is 0. The number of aryl methyl sites for hydroxylation is 1. The number of hydrogen-bond acceptors (Lipinski definition) is 5. The topological polar surface area (TPSA) is 87.0 Å². The highest BCUT2D eigenvalue weighted by Gasteiger charge is 2.20. The third kappa shape index (κ3) is 5.93. The summed E-state index contributed by atoms with van der Waals surface area (Å²) in [6.45, 7) is 5.24. The highest BCUT2D eigenvalue weighted by molar-refractivity contribution is 5.94. The lowest BCUT2D eigenvalue weighted by molar-refractivity contribution is 0.0373. The van der Waals surface area contributed by atoms with Crippen molar-refractivity contribution in [2.45, 2.75) is 65.1 Å². The van der Waals surface area contributed by atoms with Crippen LogP contribution in [-0.4, -0.2) is 33.5 Å². The zero-order chi connectivity index (χ0) is 16.7. The van der Waals surface area contributed by atoms with Crippen molar-refractivity contribution in [3.8, 4) is 11.5 Å². The Kier molecular flexibility index (Phi) is 7.18. The van der Waals surface area contributed by atoms with E-state index in [0.29, 0.717) is 12.0 Å². The molecule has 0 aromatic heterocycles. The molecule has 0 saturated carbocycles. The lowest BCUT2D eigenvalue weighted by Crippen LogP contribution is -2.14. The van der Waals surface area contributed by atoms with Gasteiger partial charge in [0, 0.05) is 6.07 Å². The summed E-state index contributed by atoms with van der Waals surface area (Å²) in [7, 11) is 0. The highest BCUT2D eigenvalue weighted by Crippen LogP contribution is 2.29. The number of carbonyl (C=O) groups excluding carboxylic acids is 1. The fraction of sp³-hybridized carbons (Fsp3) is 0.588. The van der Waals surface area contributed by atoms with Crippen molar-refractivity contribution >= 4 is 5.97 Å². The average Bonchev–Trinajstić information content (AvgIpc) is 2.35. The minimum absolute atomic E-state index is 0.0717. The number of phenolic OH excluding ortho intramolecular Hbond substituents is 2. The molecule has 0 aliphatic rings. The van der Waals surface area contributed by atoms with Gasteiger partial charge in [-0.25, -0.2) is 4.79 Å². The van der Waals surface area contributed by atoms with Crippen molar-refractivity contribution in [1.29, 1.82) is 0 Å². The lowest BCUT2D eigenvalue weighted by Gasteiger charge is -2.14. The Hall–Kier alpha value is -1.75. The first-order chi connectivity index (χ1) is 10.3. The van der Waals surface area contributed by atoms with Gasteiger partial charge >= 0.3 is 5.97 Å². The van der Waals surface area contributed by atoms with Gasteiger partial charge in [0.25, 0.3) is 0 Å². The summed E-state index contributed by atoms with van der Waals surface area (Å²) in [5, 5.41) is 28.8. The predicted molar refractivity (Wildman–Crippen MR) is 84.2 cm³/mol. The molecule has 5 heteroatoms. The first-order valence-electron chi connectivity index (χ1n) is 7.75. The summed E-state index contributed by atoms with van der Waals surface area (Å²) in [5.41, 5.74) is 0.710. The van der Waals surface area contributed by atoms with E-state index in [0.717, 1.165) is 31.7 Å². The monoisotopic (exact) mass is 310 g/mol. The maximum absolute atomic E-state index is 12.1. The van der Waals surface area contributed by atoms with Crippen LogP contribution >= 0.6 is 0 Å². The summed E-state index contributed by atoms with van der Waals surface area (Å²) in [6, 6.07) is 2.64. The van der Waals surface area contributed by atoms with Gasteiger partial charge in [0.05, 0.1) is 12.2 Å². The van der Waals surface area contributed by atoms with Crippen LogP contribution in [0.1, 0.15) is 62.4 Å².